The number of amides is 1. The van der Waals surface area contributed by atoms with Gasteiger partial charge in [-0.05, 0) is 37.6 Å². The second kappa shape index (κ2) is 13.8. The Hall–Kier alpha value is -4.65. The van der Waals surface area contributed by atoms with Crippen molar-refractivity contribution in [1.29, 1.82) is 0 Å². The number of carbonyl (C=O) groups is 2. The van der Waals surface area contributed by atoms with E-state index in [9.17, 15) is 9.59 Å². The number of hydrogen-bond donors (Lipinski definition) is 1. The Kier molecular flexibility index (Phi) is 9.67. The number of rotatable bonds is 13. The summed E-state index contributed by atoms with van der Waals surface area (Å²) in [7, 11) is 0. The molecule has 39 heavy (non-hydrogen) atoms. The van der Waals surface area contributed by atoms with Gasteiger partial charge in [0.05, 0.1) is 18.9 Å². The van der Waals surface area contributed by atoms with E-state index in [2.05, 4.69) is 10.3 Å². The highest BCUT2D eigenvalue weighted by molar-refractivity contribution is 6.00. The molecule has 1 amide bonds. The Balaban J connectivity index is 1.44. The quantitative estimate of drug-likeness (QED) is 0.195. The molecule has 0 spiro atoms. The molecule has 0 saturated heterocycles. The molecule has 7 nitrogen and oxygen atoms in total. The summed E-state index contributed by atoms with van der Waals surface area (Å²) in [5.41, 5.74) is 3.07. The molecular weight excluding hydrogens is 492 g/mol. The molecule has 4 rings (SSSR count). The fourth-order valence-electron chi connectivity index (χ4n) is 3.95. The number of ether oxygens (including phenoxy) is 3. The Bertz CT molecular complexity index is 1390. The minimum atomic E-state index is -0.314. The normalized spacial score (nSPS) is 10.5. The maximum Gasteiger partial charge on any atom is 0.225 e. The van der Waals surface area contributed by atoms with Crippen molar-refractivity contribution in [2.24, 2.45) is 0 Å². The third-order valence-electron chi connectivity index (χ3n) is 5.83. The lowest BCUT2D eigenvalue weighted by Gasteiger charge is -2.13. The van der Waals surface area contributed by atoms with E-state index >= 15 is 0 Å². The van der Waals surface area contributed by atoms with E-state index in [1.165, 1.54) is 0 Å². The lowest BCUT2D eigenvalue weighted by molar-refractivity contribution is -0.116. The van der Waals surface area contributed by atoms with E-state index in [1.54, 1.807) is 24.3 Å². The first kappa shape index (κ1) is 27.4. The molecule has 0 aliphatic rings. The van der Waals surface area contributed by atoms with Crippen LogP contribution in [0.3, 0.4) is 0 Å². The Morgan fingerprint density at radius 1 is 0.744 bits per heavy atom. The second-order valence-corrected chi connectivity index (χ2v) is 8.71. The van der Waals surface area contributed by atoms with Gasteiger partial charge in [0.1, 0.15) is 18.2 Å². The zero-order valence-electron chi connectivity index (χ0n) is 22.2. The number of benzene rings is 3. The van der Waals surface area contributed by atoms with Gasteiger partial charge in [-0.15, -0.1) is 0 Å². The van der Waals surface area contributed by atoms with Gasteiger partial charge >= 0.3 is 0 Å². The van der Waals surface area contributed by atoms with E-state index in [-0.39, 0.29) is 24.5 Å². The molecule has 7 heteroatoms. The van der Waals surface area contributed by atoms with Crippen LogP contribution in [0.4, 0.5) is 5.82 Å². The molecule has 0 aliphatic carbocycles. The van der Waals surface area contributed by atoms with Gasteiger partial charge in [0, 0.05) is 36.1 Å². The molecular formula is C32H32N2O5. The van der Waals surface area contributed by atoms with Crippen LogP contribution in [0.5, 0.6) is 17.2 Å². The number of pyridine rings is 1. The summed E-state index contributed by atoms with van der Waals surface area (Å²) in [5.74, 6) is 1.56. The molecule has 4 aromatic rings. The summed E-state index contributed by atoms with van der Waals surface area (Å²) in [4.78, 5) is 30.3. The smallest absolute Gasteiger partial charge is 0.225 e. The minimum absolute atomic E-state index is 0.00740. The number of nitrogens with one attached hydrogen (secondary N) is 1. The van der Waals surface area contributed by atoms with Gasteiger partial charge in [-0.25, -0.2) is 4.98 Å². The van der Waals surface area contributed by atoms with Crippen molar-refractivity contribution in [3.05, 3.63) is 102 Å². The number of ketones is 1. The van der Waals surface area contributed by atoms with Crippen LogP contribution in [0.2, 0.25) is 0 Å². The van der Waals surface area contributed by atoms with Crippen molar-refractivity contribution in [2.45, 2.75) is 33.3 Å². The van der Waals surface area contributed by atoms with Crippen LogP contribution in [0.25, 0.3) is 11.3 Å². The summed E-state index contributed by atoms with van der Waals surface area (Å²) in [6.07, 6.45) is 0.0502. The zero-order valence-corrected chi connectivity index (χ0v) is 22.2. The predicted octanol–water partition coefficient (Wildman–Crippen LogP) is 6.73. The van der Waals surface area contributed by atoms with Crippen molar-refractivity contribution in [2.75, 3.05) is 18.5 Å². The lowest BCUT2D eigenvalue weighted by Crippen LogP contribution is -2.15. The Morgan fingerprint density at radius 2 is 1.44 bits per heavy atom. The lowest BCUT2D eigenvalue weighted by atomic mass is 10.1. The highest BCUT2D eigenvalue weighted by atomic mass is 16.5. The summed E-state index contributed by atoms with van der Waals surface area (Å²) in [5, 5.41) is 2.83. The summed E-state index contributed by atoms with van der Waals surface area (Å²) in [6.45, 7) is 5.08. The Labute approximate surface area is 228 Å². The van der Waals surface area contributed by atoms with E-state index < -0.39 is 0 Å². The summed E-state index contributed by atoms with van der Waals surface area (Å²) >= 11 is 0. The minimum Gasteiger partial charge on any atom is -0.490 e. The van der Waals surface area contributed by atoms with Gasteiger partial charge in [0.2, 0.25) is 5.91 Å². The van der Waals surface area contributed by atoms with Gasteiger partial charge in [-0.2, -0.15) is 0 Å². The van der Waals surface area contributed by atoms with E-state index in [4.69, 9.17) is 14.2 Å². The van der Waals surface area contributed by atoms with Gasteiger partial charge in [-0.3, -0.25) is 9.59 Å². The zero-order chi connectivity index (χ0) is 27.5. The third-order valence-corrected chi connectivity index (χ3v) is 5.83. The fraction of sp³-hybridized carbons (Fsp3) is 0.219. The molecule has 1 aromatic heterocycles. The molecule has 1 N–H and O–H groups in total. The number of aromatic nitrogens is 1. The standard InChI is InChI=1S/C32H32N2O5/c1-3-37-29-17-15-25(19-30(29)38-4-2)28(35)16-18-32(36)34-31-21-26(39-22-23-11-7-5-8-12-23)20-27(33-31)24-13-9-6-10-14-24/h5-15,17,19-21H,3-4,16,18,22H2,1-2H3,(H,33,34,36). The maximum atomic E-state index is 12.8. The largest absolute Gasteiger partial charge is 0.490 e. The van der Waals surface area contributed by atoms with Crippen LogP contribution in [0.15, 0.2) is 91.0 Å². The van der Waals surface area contributed by atoms with E-state index in [0.29, 0.717) is 54.1 Å². The fourth-order valence-corrected chi connectivity index (χ4v) is 3.95. The topological polar surface area (TPSA) is 86.8 Å². The van der Waals surface area contributed by atoms with Crippen LogP contribution >= 0.6 is 0 Å². The first-order valence-corrected chi connectivity index (χ1v) is 13.0. The van der Waals surface area contributed by atoms with Gasteiger partial charge in [-0.1, -0.05) is 60.7 Å². The van der Waals surface area contributed by atoms with Crippen molar-refractivity contribution < 1.29 is 23.8 Å². The molecule has 0 bridgehead atoms. The van der Waals surface area contributed by atoms with Crippen molar-refractivity contribution in [3.8, 4) is 28.5 Å². The average molecular weight is 525 g/mol. The van der Waals surface area contributed by atoms with Gasteiger partial charge < -0.3 is 19.5 Å². The number of anilines is 1. The van der Waals surface area contributed by atoms with Gasteiger partial charge in [0.15, 0.2) is 17.3 Å². The van der Waals surface area contributed by atoms with E-state index in [1.807, 2.05) is 80.6 Å². The van der Waals surface area contributed by atoms with Gasteiger partial charge in [0.25, 0.3) is 0 Å². The highest BCUT2D eigenvalue weighted by Gasteiger charge is 2.15. The molecule has 0 fully saturated rings. The van der Waals surface area contributed by atoms with Crippen molar-refractivity contribution in [3.63, 3.8) is 0 Å². The number of carbonyl (C=O) groups excluding carboxylic acids is 2. The molecule has 200 valence electrons. The summed E-state index contributed by atoms with van der Waals surface area (Å²) in [6, 6.07) is 28.1. The first-order chi connectivity index (χ1) is 19.1. The summed E-state index contributed by atoms with van der Waals surface area (Å²) < 4.78 is 17.2. The Morgan fingerprint density at radius 3 is 2.15 bits per heavy atom. The monoisotopic (exact) mass is 524 g/mol. The first-order valence-electron chi connectivity index (χ1n) is 13.0. The molecule has 3 aromatic carbocycles. The van der Waals surface area contributed by atoms with Crippen LogP contribution < -0.4 is 19.5 Å². The van der Waals surface area contributed by atoms with Crippen molar-refractivity contribution >= 4 is 17.5 Å². The second-order valence-electron chi connectivity index (χ2n) is 8.71. The SMILES string of the molecule is CCOc1ccc(C(=O)CCC(=O)Nc2cc(OCc3ccccc3)cc(-c3ccccc3)n2)cc1OCC. The third kappa shape index (κ3) is 7.92. The van der Waals surface area contributed by atoms with E-state index in [0.717, 1.165) is 11.1 Å². The van der Waals surface area contributed by atoms with Crippen molar-refractivity contribution in [1.82, 2.24) is 4.98 Å². The molecule has 0 saturated carbocycles. The van der Waals surface area contributed by atoms with Crippen LogP contribution in [0, 0.1) is 0 Å². The molecule has 0 radical (unpaired) electrons. The average Bonchev–Trinajstić information content (AvgIpc) is 2.97. The number of Topliss-reactive ketones (excluding diaryl/α,β-unsaturated/α-hetero) is 1. The highest BCUT2D eigenvalue weighted by Crippen LogP contribution is 2.29. The van der Waals surface area contributed by atoms with Crippen LogP contribution in [-0.2, 0) is 11.4 Å². The molecule has 0 aliphatic heterocycles. The molecule has 0 unspecified atom stereocenters. The maximum absolute atomic E-state index is 12.8. The number of nitrogens with zero attached hydrogens (tertiary/aromatic N) is 1. The van der Waals surface area contributed by atoms with Crippen LogP contribution in [-0.4, -0.2) is 29.9 Å². The predicted molar refractivity (Wildman–Crippen MR) is 151 cm³/mol. The number of hydrogen-bond acceptors (Lipinski definition) is 6. The molecule has 1 heterocycles. The molecule has 0 atom stereocenters. The van der Waals surface area contributed by atoms with Crippen LogP contribution in [0.1, 0.15) is 42.6 Å².